The van der Waals surface area contributed by atoms with Crippen LogP contribution in [0.25, 0.3) is 0 Å². The molecule has 2 amide bonds. The highest BCUT2D eigenvalue weighted by Crippen LogP contribution is 2.07. The van der Waals surface area contributed by atoms with Crippen LogP contribution in [0.2, 0.25) is 0 Å². The largest absolute Gasteiger partial charge is 0.480 e. The number of hydrogen-bond acceptors (Lipinski definition) is 4. The molecule has 6 nitrogen and oxygen atoms in total. The van der Waals surface area contributed by atoms with E-state index in [9.17, 15) is 9.59 Å². The number of thioether (sulfide) groups is 1. The van der Waals surface area contributed by atoms with E-state index in [4.69, 9.17) is 5.11 Å². The smallest absolute Gasteiger partial charge is 0.320 e. The van der Waals surface area contributed by atoms with Crippen LogP contribution in [-0.2, 0) is 4.79 Å². The average Bonchev–Trinajstić information content (AvgIpc) is 2.38. The van der Waals surface area contributed by atoms with Gasteiger partial charge in [0, 0.05) is 38.0 Å². The predicted molar refractivity (Wildman–Crippen MR) is 76.6 cm³/mol. The molecule has 0 aromatic rings. The number of carboxylic acids is 1. The maximum absolute atomic E-state index is 12.0. The number of carbonyl (C=O) groups is 2. The van der Waals surface area contributed by atoms with Crippen molar-refractivity contribution >= 4 is 23.8 Å². The zero-order valence-corrected chi connectivity index (χ0v) is 12.6. The van der Waals surface area contributed by atoms with Crippen molar-refractivity contribution in [3.05, 3.63) is 0 Å². The van der Waals surface area contributed by atoms with Crippen molar-refractivity contribution in [2.45, 2.75) is 25.9 Å². The second-order valence-electron chi connectivity index (χ2n) is 4.84. The van der Waals surface area contributed by atoms with Gasteiger partial charge < -0.3 is 15.3 Å². The molecule has 1 aliphatic heterocycles. The summed E-state index contributed by atoms with van der Waals surface area (Å²) in [5, 5.41) is 11.9. The molecular weight excluding hydrogens is 266 g/mol. The number of nitrogens with one attached hydrogen (secondary N) is 1. The van der Waals surface area contributed by atoms with E-state index in [1.165, 1.54) is 0 Å². The standard InChI is InChI=1S/C12H23N3O3S/c1-9(8-19-3)13-12(18)15-6-4-14(5-7-15)10(2)11(16)17/h9-10H,4-8H2,1-3H3,(H,13,18)(H,16,17). The van der Waals surface area contributed by atoms with Crippen molar-refractivity contribution in [2.75, 3.05) is 38.2 Å². The van der Waals surface area contributed by atoms with Gasteiger partial charge in [0.1, 0.15) is 6.04 Å². The van der Waals surface area contributed by atoms with Crippen molar-refractivity contribution < 1.29 is 14.7 Å². The first kappa shape index (κ1) is 16.1. The Bertz CT molecular complexity index is 319. The number of nitrogens with zero attached hydrogens (tertiary/aromatic N) is 2. The fraction of sp³-hybridized carbons (Fsp3) is 0.833. The Morgan fingerprint density at radius 1 is 1.26 bits per heavy atom. The van der Waals surface area contributed by atoms with E-state index in [0.717, 1.165) is 5.75 Å². The van der Waals surface area contributed by atoms with Gasteiger partial charge >= 0.3 is 12.0 Å². The molecule has 1 saturated heterocycles. The number of aliphatic carboxylic acids is 1. The van der Waals surface area contributed by atoms with Gasteiger partial charge in [0.15, 0.2) is 0 Å². The monoisotopic (exact) mass is 289 g/mol. The molecule has 2 atom stereocenters. The number of hydrogen-bond donors (Lipinski definition) is 2. The van der Waals surface area contributed by atoms with Crippen molar-refractivity contribution in [1.29, 1.82) is 0 Å². The van der Waals surface area contributed by atoms with Crippen LogP contribution in [0.15, 0.2) is 0 Å². The number of carbonyl (C=O) groups excluding carboxylic acids is 1. The second kappa shape index (κ2) is 7.59. The van der Waals surface area contributed by atoms with Crippen LogP contribution < -0.4 is 5.32 Å². The first-order valence-electron chi connectivity index (χ1n) is 6.47. The van der Waals surface area contributed by atoms with Crippen molar-refractivity contribution in [3.63, 3.8) is 0 Å². The lowest BCUT2D eigenvalue weighted by molar-refractivity contribution is -0.143. The molecule has 0 aromatic carbocycles. The molecule has 0 aromatic heterocycles. The van der Waals surface area contributed by atoms with Gasteiger partial charge in [-0.3, -0.25) is 9.69 Å². The summed E-state index contributed by atoms with van der Waals surface area (Å²) in [5.74, 6) is 0.0772. The normalized spacial score (nSPS) is 19.8. The van der Waals surface area contributed by atoms with Gasteiger partial charge in [-0.2, -0.15) is 11.8 Å². The third-order valence-electron chi connectivity index (χ3n) is 3.29. The number of urea groups is 1. The third kappa shape index (κ3) is 4.91. The highest BCUT2D eigenvalue weighted by Gasteiger charge is 2.27. The van der Waals surface area contributed by atoms with Gasteiger partial charge in [0.2, 0.25) is 0 Å². The highest BCUT2D eigenvalue weighted by molar-refractivity contribution is 7.98. The Morgan fingerprint density at radius 3 is 2.32 bits per heavy atom. The molecule has 0 radical (unpaired) electrons. The molecule has 2 N–H and O–H groups in total. The van der Waals surface area contributed by atoms with Gasteiger partial charge in [-0.05, 0) is 20.1 Å². The van der Waals surface area contributed by atoms with E-state index in [1.54, 1.807) is 23.6 Å². The topological polar surface area (TPSA) is 72.9 Å². The SMILES string of the molecule is CSCC(C)NC(=O)N1CCN(C(C)C(=O)O)CC1. The van der Waals surface area contributed by atoms with Crippen LogP contribution >= 0.6 is 11.8 Å². The Balaban J connectivity index is 2.37. The number of rotatable bonds is 5. The summed E-state index contributed by atoms with van der Waals surface area (Å²) in [6.07, 6.45) is 2.01. The van der Waals surface area contributed by atoms with Crippen LogP contribution in [0.3, 0.4) is 0 Å². The summed E-state index contributed by atoms with van der Waals surface area (Å²) >= 11 is 1.70. The summed E-state index contributed by atoms with van der Waals surface area (Å²) < 4.78 is 0. The predicted octanol–water partition coefficient (Wildman–Crippen LogP) is 0.538. The number of piperazine rings is 1. The minimum atomic E-state index is -0.813. The molecule has 0 spiro atoms. The fourth-order valence-corrected chi connectivity index (χ4v) is 2.65. The third-order valence-corrected chi connectivity index (χ3v) is 4.13. The number of carboxylic acid groups (broad SMARTS) is 1. The molecule has 110 valence electrons. The van der Waals surface area contributed by atoms with E-state index in [0.29, 0.717) is 26.2 Å². The van der Waals surface area contributed by atoms with E-state index in [1.807, 2.05) is 18.1 Å². The van der Waals surface area contributed by atoms with Gasteiger partial charge in [-0.15, -0.1) is 0 Å². The first-order valence-corrected chi connectivity index (χ1v) is 7.86. The molecular formula is C12H23N3O3S. The van der Waals surface area contributed by atoms with Crippen molar-refractivity contribution in [1.82, 2.24) is 15.1 Å². The lowest BCUT2D eigenvalue weighted by Crippen LogP contribution is -2.56. The molecule has 7 heteroatoms. The summed E-state index contributed by atoms with van der Waals surface area (Å²) in [4.78, 5) is 26.5. The van der Waals surface area contributed by atoms with Crippen LogP contribution in [-0.4, -0.2) is 77.2 Å². The molecule has 0 saturated carbocycles. The Hall–Kier alpha value is -0.950. The zero-order valence-electron chi connectivity index (χ0n) is 11.8. The minimum absolute atomic E-state index is 0.0517. The van der Waals surface area contributed by atoms with Gasteiger partial charge in [-0.1, -0.05) is 0 Å². The van der Waals surface area contributed by atoms with Crippen LogP contribution in [0.5, 0.6) is 0 Å². The summed E-state index contributed by atoms with van der Waals surface area (Å²) in [6.45, 7) is 6.04. The van der Waals surface area contributed by atoms with E-state index in [-0.39, 0.29) is 12.1 Å². The second-order valence-corrected chi connectivity index (χ2v) is 5.75. The Morgan fingerprint density at radius 2 is 1.84 bits per heavy atom. The Labute approximate surface area is 118 Å². The van der Waals surface area contributed by atoms with Crippen molar-refractivity contribution in [3.8, 4) is 0 Å². The maximum Gasteiger partial charge on any atom is 0.320 e. The van der Waals surface area contributed by atoms with Crippen molar-refractivity contribution in [2.24, 2.45) is 0 Å². The molecule has 1 heterocycles. The molecule has 0 aliphatic carbocycles. The van der Waals surface area contributed by atoms with Gasteiger partial charge in [0.05, 0.1) is 0 Å². The molecule has 1 rings (SSSR count). The van der Waals surface area contributed by atoms with E-state index < -0.39 is 12.0 Å². The van der Waals surface area contributed by atoms with E-state index >= 15 is 0 Å². The zero-order chi connectivity index (χ0) is 14.4. The van der Waals surface area contributed by atoms with Crippen LogP contribution in [0.4, 0.5) is 4.79 Å². The number of amides is 2. The highest BCUT2D eigenvalue weighted by atomic mass is 32.2. The summed E-state index contributed by atoms with van der Waals surface area (Å²) in [7, 11) is 0. The Kier molecular flexibility index (Phi) is 6.44. The lowest BCUT2D eigenvalue weighted by Gasteiger charge is -2.36. The molecule has 2 unspecified atom stereocenters. The van der Waals surface area contributed by atoms with Gasteiger partial charge in [-0.25, -0.2) is 4.79 Å². The van der Waals surface area contributed by atoms with E-state index in [2.05, 4.69) is 5.32 Å². The quantitative estimate of drug-likeness (QED) is 0.773. The minimum Gasteiger partial charge on any atom is -0.480 e. The molecule has 1 fully saturated rings. The summed E-state index contributed by atoms with van der Waals surface area (Å²) in [6, 6.07) is -0.386. The first-order chi connectivity index (χ1) is 8.95. The van der Waals surface area contributed by atoms with Crippen LogP contribution in [0, 0.1) is 0 Å². The fourth-order valence-electron chi connectivity index (χ4n) is 2.06. The van der Waals surface area contributed by atoms with Crippen LogP contribution in [0.1, 0.15) is 13.8 Å². The molecule has 0 bridgehead atoms. The molecule has 19 heavy (non-hydrogen) atoms. The lowest BCUT2D eigenvalue weighted by atomic mass is 10.2. The summed E-state index contributed by atoms with van der Waals surface area (Å²) in [5.41, 5.74) is 0. The average molecular weight is 289 g/mol. The molecule has 1 aliphatic rings. The maximum atomic E-state index is 12.0. The van der Waals surface area contributed by atoms with Gasteiger partial charge in [0.25, 0.3) is 0 Å².